The molecule has 100 valence electrons. The maximum absolute atomic E-state index is 12.0. The van der Waals surface area contributed by atoms with Crippen LogP contribution < -0.4 is 5.32 Å². The van der Waals surface area contributed by atoms with E-state index in [1.54, 1.807) is 0 Å². The van der Waals surface area contributed by atoms with Gasteiger partial charge in [0.15, 0.2) is 0 Å². The fourth-order valence-corrected chi connectivity index (χ4v) is 2.84. The third-order valence-electron chi connectivity index (χ3n) is 2.79. The van der Waals surface area contributed by atoms with Gasteiger partial charge < -0.3 is 5.32 Å². The molecule has 0 bridgehead atoms. The van der Waals surface area contributed by atoms with E-state index in [1.165, 1.54) is 11.3 Å². The predicted octanol–water partition coefficient (Wildman–Crippen LogP) is 3.68. The summed E-state index contributed by atoms with van der Waals surface area (Å²) in [5.74, 6) is 0.336. The lowest BCUT2D eigenvalue weighted by Gasteiger charge is -2.10. The molecule has 0 spiro atoms. The smallest absolute Gasteiger partial charge is 0.231 e. The molecule has 19 heavy (non-hydrogen) atoms. The third kappa shape index (κ3) is 3.55. The fourth-order valence-electron chi connectivity index (χ4n) is 1.82. The summed E-state index contributed by atoms with van der Waals surface area (Å²) in [4.78, 5) is 16.3. The van der Waals surface area contributed by atoms with Crippen molar-refractivity contribution in [3.05, 3.63) is 45.4 Å². The second kappa shape index (κ2) is 6.17. The lowest BCUT2D eigenvalue weighted by atomic mass is 10.1. The minimum Gasteiger partial charge on any atom is -0.325 e. The number of hydrogen-bond acceptors (Lipinski definition) is 3. The first-order valence-corrected chi connectivity index (χ1v) is 7.37. The second-order valence-corrected chi connectivity index (χ2v) is 5.57. The number of nitrogens with one attached hydrogen (secondary N) is 1. The fraction of sp³-hybridized carbons (Fsp3) is 0.286. The average molecular weight is 295 g/mol. The van der Waals surface area contributed by atoms with E-state index in [2.05, 4.69) is 10.3 Å². The van der Waals surface area contributed by atoms with E-state index in [0.717, 1.165) is 27.5 Å². The molecule has 3 nitrogen and oxygen atoms in total. The van der Waals surface area contributed by atoms with E-state index < -0.39 is 0 Å². The van der Waals surface area contributed by atoms with Gasteiger partial charge in [-0.3, -0.25) is 4.79 Å². The molecule has 5 heteroatoms. The summed E-state index contributed by atoms with van der Waals surface area (Å²) in [6.07, 6.45) is 0.287. The standard InChI is InChI=1S/C14H15ClN2OS/c1-9-4-3-5-10(2)14(9)17-12(18)6-13-16-11(7-15)8-19-13/h3-5,8H,6-7H2,1-2H3,(H,17,18). The number of carbonyl (C=O) groups is 1. The molecule has 2 aromatic rings. The molecule has 0 radical (unpaired) electrons. The van der Waals surface area contributed by atoms with Crippen LogP contribution in [0.25, 0.3) is 0 Å². The first-order valence-electron chi connectivity index (χ1n) is 5.95. The van der Waals surface area contributed by atoms with Gasteiger partial charge in [-0.15, -0.1) is 22.9 Å². The zero-order chi connectivity index (χ0) is 13.8. The maximum atomic E-state index is 12.0. The van der Waals surface area contributed by atoms with Crippen LogP contribution in [-0.2, 0) is 17.1 Å². The van der Waals surface area contributed by atoms with Gasteiger partial charge in [-0.05, 0) is 25.0 Å². The van der Waals surface area contributed by atoms with E-state index in [-0.39, 0.29) is 12.3 Å². The van der Waals surface area contributed by atoms with Crippen molar-refractivity contribution < 1.29 is 4.79 Å². The second-order valence-electron chi connectivity index (χ2n) is 4.36. The number of alkyl halides is 1. The largest absolute Gasteiger partial charge is 0.325 e. The monoisotopic (exact) mass is 294 g/mol. The Morgan fingerprint density at radius 2 is 2.05 bits per heavy atom. The number of para-hydroxylation sites is 1. The number of nitrogens with zero attached hydrogens (tertiary/aromatic N) is 1. The number of hydrogen-bond donors (Lipinski definition) is 1. The van der Waals surface area contributed by atoms with Crippen LogP contribution in [0, 0.1) is 13.8 Å². The summed E-state index contributed by atoms with van der Waals surface area (Å²) >= 11 is 7.16. The minimum atomic E-state index is -0.0483. The average Bonchev–Trinajstić information content (AvgIpc) is 2.81. The number of anilines is 1. The quantitative estimate of drug-likeness (QED) is 0.874. The molecule has 1 amide bonds. The molecule has 0 atom stereocenters. The van der Waals surface area contributed by atoms with Gasteiger partial charge in [0, 0.05) is 11.1 Å². The Bertz CT molecular complexity index is 575. The Hall–Kier alpha value is -1.39. The molecular weight excluding hydrogens is 280 g/mol. The SMILES string of the molecule is Cc1cccc(C)c1NC(=O)Cc1nc(CCl)cs1. The third-order valence-corrected chi connectivity index (χ3v) is 3.97. The van der Waals surface area contributed by atoms with Crippen molar-refractivity contribution in [1.82, 2.24) is 4.98 Å². The molecule has 2 rings (SSSR count). The van der Waals surface area contributed by atoms with Crippen molar-refractivity contribution in [3.8, 4) is 0 Å². The van der Waals surface area contributed by atoms with Crippen LogP contribution in [0.5, 0.6) is 0 Å². The summed E-state index contributed by atoms with van der Waals surface area (Å²) in [7, 11) is 0. The molecule has 0 unspecified atom stereocenters. The molecule has 0 aliphatic carbocycles. The van der Waals surface area contributed by atoms with Crippen LogP contribution in [0.1, 0.15) is 21.8 Å². The lowest BCUT2D eigenvalue weighted by molar-refractivity contribution is -0.115. The lowest BCUT2D eigenvalue weighted by Crippen LogP contribution is -2.16. The minimum absolute atomic E-state index is 0.0483. The first kappa shape index (κ1) is 14.0. The van der Waals surface area contributed by atoms with Gasteiger partial charge in [0.1, 0.15) is 5.01 Å². The van der Waals surface area contributed by atoms with Crippen molar-refractivity contribution in [2.24, 2.45) is 0 Å². The van der Waals surface area contributed by atoms with Crippen molar-refractivity contribution in [3.63, 3.8) is 0 Å². The van der Waals surface area contributed by atoms with E-state index in [0.29, 0.717) is 5.88 Å². The predicted molar refractivity (Wildman–Crippen MR) is 79.9 cm³/mol. The van der Waals surface area contributed by atoms with E-state index >= 15 is 0 Å². The Morgan fingerprint density at radius 3 is 2.63 bits per heavy atom. The van der Waals surface area contributed by atoms with Crippen LogP contribution in [0.3, 0.4) is 0 Å². The van der Waals surface area contributed by atoms with Gasteiger partial charge >= 0.3 is 0 Å². The molecule has 0 aliphatic rings. The van der Waals surface area contributed by atoms with Crippen LogP contribution in [0.15, 0.2) is 23.6 Å². The summed E-state index contributed by atoms with van der Waals surface area (Å²) in [5, 5.41) is 5.62. The van der Waals surface area contributed by atoms with Crippen molar-refractivity contribution in [1.29, 1.82) is 0 Å². The van der Waals surface area contributed by atoms with E-state index in [9.17, 15) is 4.79 Å². The molecule has 1 N–H and O–H groups in total. The molecule has 1 aromatic heterocycles. The number of amides is 1. The highest BCUT2D eigenvalue weighted by Gasteiger charge is 2.10. The van der Waals surface area contributed by atoms with Gasteiger partial charge in [-0.25, -0.2) is 4.98 Å². The molecule has 1 aromatic carbocycles. The van der Waals surface area contributed by atoms with Crippen molar-refractivity contribution in [2.75, 3.05) is 5.32 Å². The number of thiazole rings is 1. The van der Waals surface area contributed by atoms with E-state index in [4.69, 9.17) is 11.6 Å². The van der Waals surface area contributed by atoms with Gasteiger partial charge in [0.05, 0.1) is 18.0 Å². The summed E-state index contributed by atoms with van der Waals surface area (Å²) in [5.41, 5.74) is 3.84. The Labute approximate surface area is 121 Å². The topological polar surface area (TPSA) is 42.0 Å². The molecule has 0 saturated heterocycles. The van der Waals surface area contributed by atoms with Gasteiger partial charge in [0.2, 0.25) is 5.91 Å². The highest BCUT2D eigenvalue weighted by molar-refractivity contribution is 7.09. The van der Waals surface area contributed by atoms with Crippen LogP contribution in [-0.4, -0.2) is 10.9 Å². The number of carbonyl (C=O) groups excluding carboxylic acids is 1. The number of rotatable bonds is 4. The maximum Gasteiger partial charge on any atom is 0.231 e. The first-order chi connectivity index (χ1) is 9.10. The molecule has 0 saturated carbocycles. The Kier molecular flexibility index (Phi) is 4.56. The summed E-state index contributed by atoms with van der Waals surface area (Å²) in [6, 6.07) is 5.95. The highest BCUT2D eigenvalue weighted by Crippen LogP contribution is 2.20. The Morgan fingerprint density at radius 1 is 1.37 bits per heavy atom. The molecule has 1 heterocycles. The number of aromatic nitrogens is 1. The molecular formula is C14H15ClN2OS. The number of aryl methyl sites for hydroxylation is 2. The molecule has 0 aliphatic heterocycles. The van der Waals surface area contributed by atoms with Crippen LogP contribution >= 0.6 is 22.9 Å². The zero-order valence-corrected chi connectivity index (χ0v) is 12.4. The molecule has 0 fully saturated rings. The normalized spacial score (nSPS) is 10.5. The van der Waals surface area contributed by atoms with Gasteiger partial charge in [-0.2, -0.15) is 0 Å². The van der Waals surface area contributed by atoms with E-state index in [1.807, 2.05) is 37.4 Å². The highest BCUT2D eigenvalue weighted by atomic mass is 35.5. The number of benzene rings is 1. The van der Waals surface area contributed by atoms with Gasteiger partial charge in [-0.1, -0.05) is 18.2 Å². The van der Waals surface area contributed by atoms with Gasteiger partial charge in [0.25, 0.3) is 0 Å². The summed E-state index contributed by atoms with van der Waals surface area (Å²) < 4.78 is 0. The summed E-state index contributed by atoms with van der Waals surface area (Å²) in [6.45, 7) is 3.97. The van der Waals surface area contributed by atoms with Crippen molar-refractivity contribution >= 4 is 34.5 Å². The van der Waals surface area contributed by atoms with Crippen molar-refractivity contribution in [2.45, 2.75) is 26.1 Å². The zero-order valence-electron chi connectivity index (χ0n) is 10.9. The van der Waals surface area contributed by atoms with Crippen LogP contribution in [0.2, 0.25) is 0 Å². The number of halogens is 1. The Balaban J connectivity index is 2.05. The van der Waals surface area contributed by atoms with Crippen LogP contribution in [0.4, 0.5) is 5.69 Å².